The van der Waals surface area contributed by atoms with Gasteiger partial charge >= 0.3 is 0 Å². The van der Waals surface area contributed by atoms with E-state index in [1.807, 2.05) is 6.92 Å². The number of aryl methyl sites for hydroxylation is 1. The standard InChI is InChI=1S/C13H19N3SSi/c1-10-14-13(16-15-10)17-9-11-5-7-12(8-6-11)18(2,3)4/h5-8H,9H2,1-4H3,(H,14,15,16). The largest absolute Gasteiger partial charge is 0.262 e. The fourth-order valence-electron chi connectivity index (χ4n) is 1.64. The Hall–Kier alpha value is -1.07. The van der Waals surface area contributed by atoms with Crippen molar-refractivity contribution >= 4 is 25.0 Å². The molecule has 0 aliphatic carbocycles. The minimum Gasteiger partial charge on any atom is -0.262 e. The molecule has 2 aromatic rings. The fraction of sp³-hybridized carbons (Fsp3) is 0.385. The molecule has 0 unspecified atom stereocenters. The topological polar surface area (TPSA) is 41.6 Å². The lowest BCUT2D eigenvalue weighted by molar-refractivity contribution is 0.969. The van der Waals surface area contributed by atoms with Crippen molar-refractivity contribution in [2.75, 3.05) is 0 Å². The number of nitrogens with zero attached hydrogens (tertiary/aromatic N) is 2. The minimum atomic E-state index is -1.18. The number of H-pyrrole nitrogens is 1. The molecule has 1 aromatic heterocycles. The SMILES string of the molecule is Cc1nc(SCc2ccc([Si](C)(C)C)cc2)n[nH]1. The van der Waals surface area contributed by atoms with Gasteiger partial charge in [0.15, 0.2) is 0 Å². The third kappa shape index (κ3) is 3.46. The summed E-state index contributed by atoms with van der Waals surface area (Å²) in [5, 5.41) is 9.30. The van der Waals surface area contributed by atoms with Crippen LogP contribution in [0, 0.1) is 6.92 Å². The van der Waals surface area contributed by atoms with E-state index in [0.29, 0.717) is 0 Å². The first-order valence-electron chi connectivity index (χ1n) is 6.06. The molecule has 0 spiro atoms. The predicted molar refractivity (Wildman–Crippen MR) is 80.1 cm³/mol. The number of aromatic nitrogens is 3. The lowest BCUT2D eigenvalue weighted by atomic mass is 10.2. The Bertz CT molecular complexity index is 514. The Morgan fingerprint density at radius 1 is 1.17 bits per heavy atom. The van der Waals surface area contributed by atoms with Gasteiger partial charge in [-0.1, -0.05) is 60.9 Å². The molecular weight excluding hydrogens is 258 g/mol. The quantitative estimate of drug-likeness (QED) is 0.690. The summed E-state index contributed by atoms with van der Waals surface area (Å²) in [6.07, 6.45) is 0. The second-order valence-electron chi connectivity index (χ2n) is 5.44. The molecule has 1 heterocycles. The summed E-state index contributed by atoms with van der Waals surface area (Å²) in [6, 6.07) is 8.98. The first-order chi connectivity index (χ1) is 8.45. The first kappa shape index (κ1) is 13.4. The van der Waals surface area contributed by atoms with E-state index >= 15 is 0 Å². The van der Waals surface area contributed by atoms with E-state index in [9.17, 15) is 0 Å². The van der Waals surface area contributed by atoms with E-state index in [1.54, 1.807) is 11.8 Å². The number of nitrogens with one attached hydrogen (secondary N) is 1. The average Bonchev–Trinajstić information content (AvgIpc) is 2.72. The Labute approximate surface area is 113 Å². The summed E-state index contributed by atoms with van der Waals surface area (Å²) in [5.74, 6) is 1.79. The fourth-order valence-corrected chi connectivity index (χ4v) is 3.60. The van der Waals surface area contributed by atoms with Gasteiger partial charge in [-0.3, -0.25) is 5.10 Å². The van der Waals surface area contributed by atoms with Crippen molar-refractivity contribution in [3.63, 3.8) is 0 Å². The second-order valence-corrected chi connectivity index (χ2v) is 11.5. The van der Waals surface area contributed by atoms with E-state index in [1.165, 1.54) is 10.8 Å². The van der Waals surface area contributed by atoms with Crippen LogP contribution in [-0.2, 0) is 5.75 Å². The average molecular weight is 277 g/mol. The maximum Gasteiger partial charge on any atom is 0.208 e. The van der Waals surface area contributed by atoms with E-state index in [2.05, 4.69) is 59.1 Å². The molecule has 0 saturated heterocycles. The Morgan fingerprint density at radius 2 is 1.83 bits per heavy atom. The van der Waals surface area contributed by atoms with Gasteiger partial charge in [-0.2, -0.15) is 0 Å². The van der Waals surface area contributed by atoms with Gasteiger partial charge in [0.2, 0.25) is 5.16 Å². The lowest BCUT2D eigenvalue weighted by Gasteiger charge is -2.16. The molecule has 2 rings (SSSR count). The highest BCUT2D eigenvalue weighted by molar-refractivity contribution is 7.98. The number of hydrogen-bond acceptors (Lipinski definition) is 3. The maximum absolute atomic E-state index is 4.29. The smallest absolute Gasteiger partial charge is 0.208 e. The van der Waals surface area contributed by atoms with E-state index in [0.717, 1.165) is 16.7 Å². The third-order valence-electron chi connectivity index (χ3n) is 2.76. The van der Waals surface area contributed by atoms with Crippen LogP contribution in [0.4, 0.5) is 0 Å². The van der Waals surface area contributed by atoms with E-state index in [-0.39, 0.29) is 0 Å². The van der Waals surface area contributed by atoms with Crippen molar-refractivity contribution in [1.82, 2.24) is 15.2 Å². The molecule has 18 heavy (non-hydrogen) atoms. The van der Waals surface area contributed by atoms with Crippen LogP contribution in [-0.4, -0.2) is 23.3 Å². The van der Waals surface area contributed by atoms with Crippen molar-refractivity contribution < 1.29 is 0 Å². The van der Waals surface area contributed by atoms with Gasteiger partial charge in [0.1, 0.15) is 5.82 Å². The Kier molecular flexibility index (Phi) is 3.92. The van der Waals surface area contributed by atoms with Crippen molar-refractivity contribution in [3.05, 3.63) is 35.7 Å². The van der Waals surface area contributed by atoms with Gasteiger partial charge in [0, 0.05) is 5.75 Å². The number of benzene rings is 1. The van der Waals surface area contributed by atoms with Crippen LogP contribution < -0.4 is 5.19 Å². The number of rotatable bonds is 4. The van der Waals surface area contributed by atoms with Crippen LogP contribution in [0.15, 0.2) is 29.4 Å². The van der Waals surface area contributed by atoms with Gasteiger partial charge in [0.05, 0.1) is 8.07 Å². The normalized spacial score (nSPS) is 11.8. The highest BCUT2D eigenvalue weighted by Crippen LogP contribution is 2.18. The van der Waals surface area contributed by atoms with Crippen LogP contribution in [0.5, 0.6) is 0 Å². The maximum atomic E-state index is 4.29. The minimum absolute atomic E-state index is 0.821. The molecular formula is C13H19N3SSi. The Morgan fingerprint density at radius 3 is 2.33 bits per heavy atom. The second kappa shape index (κ2) is 5.28. The summed E-state index contributed by atoms with van der Waals surface area (Å²) < 4.78 is 0. The molecule has 0 amide bonds. The number of hydrogen-bond donors (Lipinski definition) is 1. The van der Waals surface area contributed by atoms with Crippen molar-refractivity contribution in [3.8, 4) is 0 Å². The zero-order valence-electron chi connectivity index (χ0n) is 11.3. The van der Waals surface area contributed by atoms with Gasteiger partial charge in [-0.05, 0) is 12.5 Å². The molecule has 0 aliphatic rings. The van der Waals surface area contributed by atoms with Crippen molar-refractivity contribution in [2.24, 2.45) is 0 Å². The molecule has 0 radical (unpaired) electrons. The van der Waals surface area contributed by atoms with Crippen LogP contribution in [0.1, 0.15) is 11.4 Å². The summed E-state index contributed by atoms with van der Waals surface area (Å²) in [5.41, 5.74) is 1.32. The molecule has 3 nitrogen and oxygen atoms in total. The van der Waals surface area contributed by atoms with E-state index < -0.39 is 8.07 Å². The first-order valence-corrected chi connectivity index (χ1v) is 10.5. The van der Waals surface area contributed by atoms with Gasteiger partial charge in [-0.25, -0.2) is 4.98 Å². The summed E-state index contributed by atoms with van der Waals surface area (Å²) >= 11 is 1.67. The van der Waals surface area contributed by atoms with Crippen LogP contribution in [0.3, 0.4) is 0 Å². The molecule has 1 aromatic carbocycles. The summed E-state index contributed by atoms with van der Waals surface area (Å²) in [7, 11) is -1.18. The zero-order chi connectivity index (χ0) is 13.2. The highest BCUT2D eigenvalue weighted by Gasteiger charge is 2.15. The number of aromatic amines is 1. The Balaban J connectivity index is 1.98. The molecule has 5 heteroatoms. The lowest BCUT2D eigenvalue weighted by Crippen LogP contribution is -2.37. The van der Waals surface area contributed by atoms with Gasteiger partial charge in [-0.15, -0.1) is 5.10 Å². The van der Waals surface area contributed by atoms with Crippen LogP contribution >= 0.6 is 11.8 Å². The monoisotopic (exact) mass is 277 g/mol. The summed E-state index contributed by atoms with van der Waals surface area (Å²) in [4.78, 5) is 4.29. The van der Waals surface area contributed by atoms with Crippen LogP contribution in [0.2, 0.25) is 19.6 Å². The van der Waals surface area contributed by atoms with Gasteiger partial charge < -0.3 is 0 Å². The molecule has 0 saturated carbocycles. The van der Waals surface area contributed by atoms with Crippen LogP contribution in [0.25, 0.3) is 0 Å². The molecule has 0 atom stereocenters. The highest BCUT2D eigenvalue weighted by atomic mass is 32.2. The molecule has 0 aliphatic heterocycles. The van der Waals surface area contributed by atoms with Crippen molar-refractivity contribution in [2.45, 2.75) is 37.5 Å². The molecule has 0 bridgehead atoms. The predicted octanol–water partition coefficient (Wildman–Crippen LogP) is 2.95. The van der Waals surface area contributed by atoms with Crippen molar-refractivity contribution in [1.29, 1.82) is 0 Å². The molecule has 1 N–H and O–H groups in total. The van der Waals surface area contributed by atoms with Gasteiger partial charge in [0.25, 0.3) is 0 Å². The number of thioether (sulfide) groups is 1. The third-order valence-corrected chi connectivity index (χ3v) is 5.75. The molecule has 0 fully saturated rings. The molecule has 96 valence electrons. The zero-order valence-corrected chi connectivity index (χ0v) is 13.1. The van der Waals surface area contributed by atoms with E-state index in [4.69, 9.17) is 0 Å². The summed E-state index contributed by atoms with van der Waals surface area (Å²) in [6.45, 7) is 9.02.